The molecule has 15 heavy (non-hydrogen) atoms. The van der Waals surface area contributed by atoms with Gasteiger partial charge in [-0.05, 0) is 25.2 Å². The summed E-state index contributed by atoms with van der Waals surface area (Å²) in [7, 11) is 0. The van der Waals surface area contributed by atoms with Gasteiger partial charge in [-0.3, -0.25) is 0 Å². The first-order valence-corrected chi connectivity index (χ1v) is 6.48. The number of thiazole rings is 1. The summed E-state index contributed by atoms with van der Waals surface area (Å²) in [6.07, 6.45) is 2.69. The number of hydrogen-bond acceptors (Lipinski definition) is 3. The van der Waals surface area contributed by atoms with E-state index < -0.39 is 0 Å². The van der Waals surface area contributed by atoms with Gasteiger partial charge in [-0.25, -0.2) is 4.98 Å². The first kappa shape index (κ1) is 11.1. The van der Waals surface area contributed by atoms with Crippen molar-refractivity contribution in [3.05, 3.63) is 15.6 Å². The molecule has 0 aliphatic heterocycles. The van der Waals surface area contributed by atoms with Crippen LogP contribution in [0.1, 0.15) is 49.2 Å². The maximum Gasteiger partial charge on any atom is 0.107 e. The maximum atomic E-state index is 4.63. The van der Waals surface area contributed by atoms with E-state index in [1.54, 1.807) is 0 Å². The van der Waals surface area contributed by atoms with Crippen molar-refractivity contribution in [2.75, 3.05) is 0 Å². The van der Waals surface area contributed by atoms with Gasteiger partial charge in [0.2, 0.25) is 0 Å². The van der Waals surface area contributed by atoms with Crippen LogP contribution in [-0.2, 0) is 12.0 Å². The number of hydrogen-bond donors (Lipinski definition) is 1. The second-order valence-corrected chi connectivity index (χ2v) is 6.51. The summed E-state index contributed by atoms with van der Waals surface area (Å²) in [6, 6.07) is 0.771. The highest BCUT2D eigenvalue weighted by Gasteiger charge is 2.23. The molecule has 1 heterocycles. The van der Waals surface area contributed by atoms with Crippen molar-refractivity contribution in [3.63, 3.8) is 0 Å². The van der Waals surface area contributed by atoms with E-state index in [9.17, 15) is 0 Å². The van der Waals surface area contributed by atoms with Gasteiger partial charge >= 0.3 is 0 Å². The molecule has 0 radical (unpaired) electrons. The lowest BCUT2D eigenvalue weighted by atomic mass is 9.94. The molecule has 0 unspecified atom stereocenters. The Bertz CT molecular complexity index is 345. The lowest BCUT2D eigenvalue weighted by molar-refractivity contribution is 0.598. The summed E-state index contributed by atoms with van der Waals surface area (Å²) in [6.45, 7) is 9.84. The summed E-state index contributed by atoms with van der Waals surface area (Å²) < 4.78 is 0. The Morgan fingerprint density at radius 3 is 2.53 bits per heavy atom. The fraction of sp³-hybridized carbons (Fsp3) is 0.750. The van der Waals surface area contributed by atoms with Crippen molar-refractivity contribution in [2.24, 2.45) is 0 Å². The summed E-state index contributed by atoms with van der Waals surface area (Å²) in [5, 5.41) is 4.75. The van der Waals surface area contributed by atoms with Crippen LogP contribution in [0, 0.1) is 6.92 Å². The normalized spacial score (nSPS) is 17.1. The molecule has 1 saturated carbocycles. The molecule has 1 aliphatic rings. The zero-order valence-corrected chi connectivity index (χ0v) is 10.9. The third-order valence-corrected chi connectivity index (χ3v) is 4.22. The van der Waals surface area contributed by atoms with Gasteiger partial charge in [0.1, 0.15) is 5.01 Å². The Morgan fingerprint density at radius 2 is 2.07 bits per heavy atom. The van der Waals surface area contributed by atoms with Crippen LogP contribution in [0.15, 0.2) is 0 Å². The van der Waals surface area contributed by atoms with Gasteiger partial charge in [0, 0.05) is 17.5 Å². The van der Waals surface area contributed by atoms with Gasteiger partial charge in [-0.15, -0.1) is 11.3 Å². The molecule has 2 nitrogen and oxygen atoms in total. The van der Waals surface area contributed by atoms with Gasteiger partial charge in [0.15, 0.2) is 0 Å². The molecule has 1 aliphatic carbocycles. The Balaban J connectivity index is 2.06. The van der Waals surface area contributed by atoms with Crippen molar-refractivity contribution < 1.29 is 0 Å². The van der Waals surface area contributed by atoms with Crippen LogP contribution in [0.3, 0.4) is 0 Å². The molecular weight excluding hydrogens is 204 g/mol. The van der Waals surface area contributed by atoms with E-state index in [0.717, 1.165) is 12.6 Å². The van der Waals surface area contributed by atoms with Crippen molar-refractivity contribution in [2.45, 2.75) is 58.5 Å². The van der Waals surface area contributed by atoms with E-state index in [1.807, 2.05) is 11.3 Å². The van der Waals surface area contributed by atoms with Crippen LogP contribution in [0.5, 0.6) is 0 Å². The van der Waals surface area contributed by atoms with Gasteiger partial charge in [0.05, 0.1) is 5.69 Å². The molecular formula is C12H20N2S. The summed E-state index contributed by atoms with van der Waals surface area (Å²) in [5.41, 5.74) is 1.44. The van der Waals surface area contributed by atoms with Crippen molar-refractivity contribution in [1.29, 1.82) is 0 Å². The molecule has 1 N–H and O–H groups in total. The topological polar surface area (TPSA) is 24.9 Å². The van der Waals surface area contributed by atoms with Crippen molar-refractivity contribution in [3.8, 4) is 0 Å². The zero-order chi connectivity index (χ0) is 11.1. The van der Waals surface area contributed by atoms with Crippen LogP contribution < -0.4 is 5.32 Å². The molecule has 0 saturated heterocycles. The van der Waals surface area contributed by atoms with Crippen molar-refractivity contribution in [1.82, 2.24) is 10.3 Å². The predicted molar refractivity (Wildman–Crippen MR) is 65.4 cm³/mol. The molecule has 1 fully saturated rings. The first-order chi connectivity index (χ1) is 6.97. The highest BCUT2D eigenvalue weighted by Crippen LogP contribution is 2.31. The molecule has 0 atom stereocenters. The number of aromatic nitrogens is 1. The Morgan fingerprint density at radius 1 is 1.40 bits per heavy atom. The summed E-state index contributed by atoms with van der Waals surface area (Å²) in [4.78, 5) is 6.06. The molecule has 3 heteroatoms. The molecule has 1 aromatic heterocycles. The quantitative estimate of drug-likeness (QED) is 0.853. The van der Waals surface area contributed by atoms with E-state index in [0.29, 0.717) is 0 Å². The molecule has 0 bridgehead atoms. The van der Waals surface area contributed by atoms with E-state index in [4.69, 9.17) is 0 Å². The first-order valence-electron chi connectivity index (χ1n) is 5.67. The Labute approximate surface area is 96.1 Å². The van der Waals surface area contributed by atoms with Crippen LogP contribution >= 0.6 is 11.3 Å². The molecule has 84 valence electrons. The number of rotatable bonds is 3. The number of nitrogens with one attached hydrogen (secondary N) is 1. The van der Waals surface area contributed by atoms with Crippen molar-refractivity contribution >= 4 is 11.3 Å². The third-order valence-electron chi connectivity index (χ3n) is 2.64. The fourth-order valence-corrected chi connectivity index (χ4v) is 2.82. The average Bonchev–Trinajstić information content (AvgIpc) is 2.85. The minimum absolute atomic E-state index is 0.236. The monoisotopic (exact) mass is 224 g/mol. The second-order valence-electron chi connectivity index (χ2n) is 5.43. The van der Waals surface area contributed by atoms with E-state index in [2.05, 4.69) is 38.0 Å². The molecule has 0 spiro atoms. The standard InChI is InChI=1S/C12H20N2S/c1-8-11(12(2,3)4)15-10(14-8)7-13-9-5-6-9/h9,13H,5-7H2,1-4H3. The van der Waals surface area contributed by atoms with Gasteiger partial charge in [0.25, 0.3) is 0 Å². The van der Waals surface area contributed by atoms with E-state index in [1.165, 1.54) is 28.4 Å². The van der Waals surface area contributed by atoms with Gasteiger partial charge < -0.3 is 5.32 Å². The van der Waals surface area contributed by atoms with E-state index in [-0.39, 0.29) is 5.41 Å². The minimum atomic E-state index is 0.236. The van der Waals surface area contributed by atoms with Crippen LogP contribution in [-0.4, -0.2) is 11.0 Å². The van der Waals surface area contributed by atoms with Gasteiger partial charge in [-0.1, -0.05) is 20.8 Å². The Kier molecular flexibility index (Phi) is 2.86. The number of aryl methyl sites for hydroxylation is 1. The summed E-state index contributed by atoms with van der Waals surface area (Å²) in [5.74, 6) is 0. The highest BCUT2D eigenvalue weighted by atomic mass is 32.1. The maximum absolute atomic E-state index is 4.63. The largest absolute Gasteiger partial charge is 0.308 e. The van der Waals surface area contributed by atoms with E-state index >= 15 is 0 Å². The smallest absolute Gasteiger partial charge is 0.107 e. The lowest BCUT2D eigenvalue weighted by Crippen LogP contribution is -2.14. The Hall–Kier alpha value is -0.410. The molecule has 1 aromatic rings. The predicted octanol–water partition coefficient (Wildman–Crippen LogP) is 3.00. The summed E-state index contributed by atoms with van der Waals surface area (Å²) >= 11 is 1.86. The third kappa shape index (κ3) is 2.79. The zero-order valence-electron chi connectivity index (χ0n) is 10.1. The van der Waals surface area contributed by atoms with Crippen LogP contribution in [0.4, 0.5) is 0 Å². The minimum Gasteiger partial charge on any atom is -0.308 e. The molecule has 0 aromatic carbocycles. The highest BCUT2D eigenvalue weighted by molar-refractivity contribution is 7.11. The second kappa shape index (κ2) is 3.87. The molecule has 0 amide bonds. The average molecular weight is 224 g/mol. The van der Waals surface area contributed by atoms with Crippen LogP contribution in [0.2, 0.25) is 0 Å². The lowest BCUT2D eigenvalue weighted by Gasteiger charge is -2.16. The fourth-order valence-electron chi connectivity index (χ4n) is 1.74. The SMILES string of the molecule is Cc1nc(CNC2CC2)sc1C(C)(C)C. The van der Waals surface area contributed by atoms with Crippen LogP contribution in [0.25, 0.3) is 0 Å². The molecule has 2 rings (SSSR count). The van der Waals surface area contributed by atoms with Gasteiger partial charge in [-0.2, -0.15) is 0 Å². The number of nitrogens with zero attached hydrogens (tertiary/aromatic N) is 1.